The van der Waals surface area contributed by atoms with Crippen LogP contribution in [0, 0.1) is 22.2 Å². The van der Waals surface area contributed by atoms with Crippen molar-refractivity contribution in [3.05, 3.63) is 0 Å². The van der Waals surface area contributed by atoms with Crippen molar-refractivity contribution >= 4 is 5.97 Å². The first-order valence-electron chi connectivity index (χ1n) is 11.0. The molecule has 156 valence electrons. The van der Waals surface area contributed by atoms with Crippen LogP contribution in [0.25, 0.3) is 0 Å². The molecule has 0 aromatic rings. The van der Waals surface area contributed by atoms with E-state index in [1.54, 1.807) is 0 Å². The van der Waals surface area contributed by atoms with Gasteiger partial charge in [0.05, 0.1) is 6.61 Å². The molecule has 4 aliphatic rings. The Kier molecular flexibility index (Phi) is 6.54. The van der Waals surface area contributed by atoms with Crippen LogP contribution >= 0.6 is 0 Å². The molecule has 0 aromatic carbocycles. The third kappa shape index (κ3) is 4.51. The number of nitrogens with zero attached hydrogens (tertiary/aromatic N) is 1. The van der Waals surface area contributed by atoms with Gasteiger partial charge in [-0.15, -0.1) is 0 Å². The molecule has 0 heterocycles. The van der Waals surface area contributed by atoms with E-state index >= 15 is 0 Å². The summed E-state index contributed by atoms with van der Waals surface area (Å²) < 4.78 is 5.78. The SMILES string of the molecule is CCN(CC)CCCC(=O)OCC12CCC3(CO)CC(C1)CC(CO)(C3)C2. The Morgan fingerprint density at radius 3 is 2.26 bits per heavy atom. The summed E-state index contributed by atoms with van der Waals surface area (Å²) in [6.07, 6.45) is 8.47. The Balaban J connectivity index is 1.57. The second-order valence-electron chi connectivity index (χ2n) is 9.94. The molecule has 27 heavy (non-hydrogen) atoms. The summed E-state index contributed by atoms with van der Waals surface area (Å²) in [5.74, 6) is 0.473. The average Bonchev–Trinajstić information content (AvgIpc) is 2.85. The van der Waals surface area contributed by atoms with E-state index < -0.39 is 0 Å². The van der Waals surface area contributed by atoms with Gasteiger partial charge >= 0.3 is 5.97 Å². The van der Waals surface area contributed by atoms with E-state index in [4.69, 9.17) is 4.74 Å². The number of carbonyl (C=O) groups excluding carboxylic acids is 1. The van der Waals surface area contributed by atoms with Crippen LogP contribution in [-0.4, -0.2) is 60.5 Å². The lowest BCUT2D eigenvalue weighted by Gasteiger charge is -2.54. The van der Waals surface area contributed by atoms with Crippen LogP contribution in [0.15, 0.2) is 0 Å². The highest BCUT2D eigenvalue weighted by Gasteiger charge is 2.59. The summed E-state index contributed by atoms with van der Waals surface area (Å²) in [6.45, 7) is 8.20. The smallest absolute Gasteiger partial charge is 0.305 e. The van der Waals surface area contributed by atoms with Crippen molar-refractivity contribution in [3.63, 3.8) is 0 Å². The molecule has 0 aliphatic heterocycles. The minimum absolute atomic E-state index is 0.00754. The molecule has 4 rings (SSSR count). The number of esters is 1. The summed E-state index contributed by atoms with van der Waals surface area (Å²) in [5, 5.41) is 20.3. The van der Waals surface area contributed by atoms with Gasteiger partial charge < -0.3 is 19.8 Å². The van der Waals surface area contributed by atoms with Crippen molar-refractivity contribution in [2.45, 2.75) is 71.6 Å². The largest absolute Gasteiger partial charge is 0.465 e. The van der Waals surface area contributed by atoms with Crippen molar-refractivity contribution in [1.29, 1.82) is 0 Å². The van der Waals surface area contributed by atoms with E-state index in [2.05, 4.69) is 18.7 Å². The van der Waals surface area contributed by atoms with Crippen LogP contribution in [0.1, 0.15) is 71.6 Å². The molecule has 2 N–H and O–H groups in total. The van der Waals surface area contributed by atoms with Crippen LogP contribution in [0.5, 0.6) is 0 Å². The van der Waals surface area contributed by atoms with Crippen LogP contribution < -0.4 is 0 Å². The topological polar surface area (TPSA) is 70.0 Å². The normalized spacial score (nSPS) is 37.6. The second kappa shape index (κ2) is 8.38. The lowest BCUT2D eigenvalue weighted by atomic mass is 9.52. The zero-order valence-corrected chi connectivity index (χ0v) is 17.3. The summed E-state index contributed by atoms with van der Waals surface area (Å²) in [4.78, 5) is 14.6. The monoisotopic (exact) mass is 381 g/mol. The highest BCUT2D eigenvalue weighted by molar-refractivity contribution is 5.69. The van der Waals surface area contributed by atoms with Crippen LogP contribution in [0.4, 0.5) is 0 Å². The predicted molar refractivity (Wildman–Crippen MR) is 105 cm³/mol. The molecule has 0 spiro atoms. The summed E-state index contributed by atoms with van der Waals surface area (Å²) >= 11 is 0. The lowest BCUT2D eigenvalue weighted by Crippen LogP contribution is -2.49. The van der Waals surface area contributed by atoms with E-state index in [-0.39, 0.29) is 35.4 Å². The van der Waals surface area contributed by atoms with Gasteiger partial charge in [0.15, 0.2) is 0 Å². The number of hydrogen-bond donors (Lipinski definition) is 2. The maximum absolute atomic E-state index is 12.3. The molecular formula is C22H39NO4. The summed E-state index contributed by atoms with van der Waals surface area (Å²) in [7, 11) is 0. The number of aliphatic hydroxyl groups excluding tert-OH is 2. The van der Waals surface area contributed by atoms with E-state index in [0.29, 0.717) is 18.9 Å². The molecule has 0 aromatic heterocycles. The Bertz CT molecular complexity index is 522. The van der Waals surface area contributed by atoms with Crippen molar-refractivity contribution < 1.29 is 19.7 Å². The molecule has 5 nitrogen and oxygen atoms in total. The van der Waals surface area contributed by atoms with Gasteiger partial charge in [0.25, 0.3) is 0 Å². The Labute approximate surface area is 164 Å². The van der Waals surface area contributed by atoms with Crippen molar-refractivity contribution in [3.8, 4) is 0 Å². The van der Waals surface area contributed by atoms with Gasteiger partial charge in [0, 0.05) is 25.0 Å². The molecule has 4 atom stereocenters. The van der Waals surface area contributed by atoms with Crippen molar-refractivity contribution in [2.24, 2.45) is 22.2 Å². The predicted octanol–water partition coefficient (Wildman–Crippen LogP) is 2.98. The molecule has 0 saturated heterocycles. The maximum atomic E-state index is 12.3. The fraction of sp³-hybridized carbons (Fsp3) is 0.955. The minimum atomic E-state index is -0.0785. The zero-order valence-electron chi connectivity index (χ0n) is 17.3. The number of ether oxygens (including phenoxy) is 1. The third-order valence-electron chi connectivity index (χ3n) is 7.81. The second-order valence-corrected chi connectivity index (χ2v) is 9.94. The van der Waals surface area contributed by atoms with Gasteiger partial charge in [-0.2, -0.15) is 0 Å². The highest BCUT2D eigenvalue weighted by atomic mass is 16.5. The molecule has 4 aliphatic carbocycles. The van der Waals surface area contributed by atoms with E-state index in [9.17, 15) is 15.0 Å². The minimum Gasteiger partial charge on any atom is -0.465 e. The maximum Gasteiger partial charge on any atom is 0.305 e. The number of carbonyl (C=O) groups is 1. The zero-order chi connectivity index (χ0) is 19.5. The van der Waals surface area contributed by atoms with Crippen LogP contribution in [-0.2, 0) is 9.53 Å². The molecule has 0 radical (unpaired) electrons. The first-order chi connectivity index (χ1) is 12.9. The number of hydrogen-bond acceptors (Lipinski definition) is 5. The standard InChI is InChI=1S/C22H39NO4/c1-3-23(4-2)9-5-6-19(26)27-17-21-8-7-20(15-24)10-18(11-21)12-22(13-20,14-21)16-25/h18,24-25H,3-17H2,1-2H3. The van der Waals surface area contributed by atoms with Gasteiger partial charge in [0.1, 0.15) is 0 Å². The highest BCUT2D eigenvalue weighted by Crippen LogP contribution is 2.66. The van der Waals surface area contributed by atoms with E-state index in [1.807, 2.05) is 0 Å². The quantitative estimate of drug-likeness (QED) is 0.569. The van der Waals surface area contributed by atoms with Crippen LogP contribution in [0.3, 0.4) is 0 Å². The van der Waals surface area contributed by atoms with E-state index in [1.165, 1.54) is 0 Å². The average molecular weight is 382 g/mol. The lowest BCUT2D eigenvalue weighted by molar-refractivity contribution is -0.152. The van der Waals surface area contributed by atoms with Gasteiger partial charge in [-0.25, -0.2) is 0 Å². The number of rotatable bonds is 10. The summed E-state index contributed by atoms with van der Waals surface area (Å²) in [6, 6.07) is 0. The third-order valence-corrected chi connectivity index (χ3v) is 7.81. The molecule has 4 fully saturated rings. The van der Waals surface area contributed by atoms with Crippen molar-refractivity contribution in [2.75, 3.05) is 39.5 Å². The van der Waals surface area contributed by atoms with Gasteiger partial charge in [-0.1, -0.05) is 13.8 Å². The number of aliphatic hydroxyl groups is 2. The molecule has 5 heteroatoms. The summed E-state index contributed by atoms with van der Waals surface area (Å²) in [5.41, 5.74) is -0.0825. The molecular weight excluding hydrogens is 342 g/mol. The number of fused-ring (bicyclic) bond motifs is 1. The van der Waals surface area contributed by atoms with E-state index in [0.717, 1.165) is 71.0 Å². The Hall–Kier alpha value is -0.650. The van der Waals surface area contributed by atoms with Crippen LogP contribution in [0.2, 0.25) is 0 Å². The van der Waals surface area contributed by atoms with Gasteiger partial charge in [-0.05, 0) is 87.7 Å². The first-order valence-corrected chi connectivity index (χ1v) is 11.0. The first kappa shape index (κ1) is 21.1. The molecule has 4 unspecified atom stereocenters. The Morgan fingerprint density at radius 2 is 1.59 bits per heavy atom. The fourth-order valence-corrected chi connectivity index (χ4v) is 6.76. The van der Waals surface area contributed by atoms with Crippen molar-refractivity contribution in [1.82, 2.24) is 4.90 Å². The molecule has 4 bridgehead atoms. The molecule has 0 amide bonds. The molecule has 4 saturated carbocycles. The Morgan fingerprint density at radius 1 is 1.00 bits per heavy atom. The van der Waals surface area contributed by atoms with Gasteiger partial charge in [-0.3, -0.25) is 4.79 Å². The van der Waals surface area contributed by atoms with Gasteiger partial charge in [0.2, 0.25) is 0 Å². The fourth-order valence-electron chi connectivity index (χ4n) is 6.76.